The molecule has 3 rings (SSSR count). The first-order valence-corrected chi connectivity index (χ1v) is 9.19. The van der Waals surface area contributed by atoms with Gasteiger partial charge in [-0.05, 0) is 28.9 Å². The number of nitrogens with zero attached hydrogens (tertiary/aromatic N) is 2. The van der Waals surface area contributed by atoms with Gasteiger partial charge in [-0.3, -0.25) is 10.2 Å². The Morgan fingerprint density at radius 3 is 2.10 bits per heavy atom. The van der Waals surface area contributed by atoms with Crippen LogP contribution in [0, 0.1) is 10.2 Å². The van der Waals surface area contributed by atoms with E-state index in [9.17, 15) is 4.79 Å². The second-order valence-corrected chi connectivity index (χ2v) is 6.81. The summed E-state index contributed by atoms with van der Waals surface area (Å²) in [5, 5.41) is 7.48. The van der Waals surface area contributed by atoms with Gasteiger partial charge in [0.2, 0.25) is 0 Å². The summed E-state index contributed by atoms with van der Waals surface area (Å²) in [5.74, 6) is -0.196. The van der Waals surface area contributed by atoms with Crippen LogP contribution in [0.1, 0.15) is 12.0 Å². The number of carbonyl (C=O) groups excluding carboxylic acids is 1. The van der Waals surface area contributed by atoms with E-state index >= 15 is 0 Å². The van der Waals surface area contributed by atoms with E-state index in [4.69, 9.17) is 28.1 Å². The number of aromatic nitrogens is 2. The van der Waals surface area contributed by atoms with E-state index in [0.717, 1.165) is 22.4 Å². The summed E-state index contributed by atoms with van der Waals surface area (Å²) in [5.41, 5.74) is 10.4. The molecule has 0 bridgehead atoms. The van der Waals surface area contributed by atoms with Crippen molar-refractivity contribution in [1.82, 2.24) is 9.13 Å². The van der Waals surface area contributed by atoms with Gasteiger partial charge < -0.3 is 19.6 Å². The predicted molar refractivity (Wildman–Crippen MR) is 120 cm³/mol. The minimum absolute atomic E-state index is 0. The van der Waals surface area contributed by atoms with Crippen LogP contribution in [0.5, 0.6) is 0 Å². The number of esters is 1. The molecule has 1 heterocycles. The number of nitrogen functional groups attached to an aromatic ring is 1. The number of carbonyl (C=O) groups is 1. The number of methoxy groups -OCH3 is 1. The summed E-state index contributed by atoms with van der Waals surface area (Å²) in [4.78, 5) is 11.4. The van der Waals surface area contributed by atoms with Crippen LogP contribution in [-0.4, -0.2) is 28.0 Å². The fraction of sp³-hybridized carbons (Fsp3) is 0.190. The molecule has 8 heteroatoms. The SMILES string of the molecule is COC(=O)CCn1cc(-c2ccc(-c3ccc(C(=N)N)cc3)cc2)n(C)c1=S.Cl. The quantitative estimate of drug-likeness (QED) is 0.266. The highest BCUT2D eigenvalue weighted by Crippen LogP contribution is 2.26. The Bertz CT molecular complexity index is 1070. The number of halogens is 1. The maximum atomic E-state index is 11.4. The summed E-state index contributed by atoms with van der Waals surface area (Å²) in [6.07, 6.45) is 2.24. The van der Waals surface area contributed by atoms with Crippen molar-refractivity contribution in [3.05, 3.63) is 65.1 Å². The topological polar surface area (TPSA) is 86.0 Å². The molecule has 6 nitrogen and oxygen atoms in total. The summed E-state index contributed by atoms with van der Waals surface area (Å²) < 4.78 is 9.17. The molecule has 0 radical (unpaired) electrons. The molecule has 29 heavy (non-hydrogen) atoms. The lowest BCUT2D eigenvalue weighted by Crippen LogP contribution is -2.10. The van der Waals surface area contributed by atoms with E-state index in [1.165, 1.54) is 7.11 Å². The zero-order chi connectivity index (χ0) is 20.3. The molecule has 0 spiro atoms. The van der Waals surface area contributed by atoms with Crippen molar-refractivity contribution in [2.45, 2.75) is 13.0 Å². The second kappa shape index (κ2) is 9.54. The number of imidazole rings is 1. The summed E-state index contributed by atoms with van der Waals surface area (Å²) in [6.45, 7) is 0.486. The Labute approximate surface area is 180 Å². The Morgan fingerprint density at radius 2 is 1.59 bits per heavy atom. The third-order valence-corrected chi connectivity index (χ3v) is 5.17. The first-order valence-electron chi connectivity index (χ1n) is 8.79. The maximum absolute atomic E-state index is 11.4. The third kappa shape index (κ3) is 4.93. The maximum Gasteiger partial charge on any atom is 0.307 e. The molecule has 152 valence electrons. The van der Waals surface area contributed by atoms with Crippen molar-refractivity contribution in [3.8, 4) is 22.4 Å². The van der Waals surface area contributed by atoms with E-state index in [-0.39, 0.29) is 30.6 Å². The number of hydrogen-bond donors (Lipinski definition) is 2. The van der Waals surface area contributed by atoms with Gasteiger partial charge in [0.05, 0.1) is 19.2 Å². The Kier molecular flexibility index (Phi) is 7.36. The molecule has 0 atom stereocenters. The number of ether oxygens (including phenoxy) is 1. The molecule has 0 aliphatic carbocycles. The highest BCUT2D eigenvalue weighted by Gasteiger charge is 2.10. The molecule has 0 unspecified atom stereocenters. The van der Waals surface area contributed by atoms with Gasteiger partial charge >= 0.3 is 5.97 Å². The number of amidine groups is 1. The van der Waals surface area contributed by atoms with E-state index < -0.39 is 0 Å². The van der Waals surface area contributed by atoms with Crippen LogP contribution in [0.15, 0.2) is 54.7 Å². The van der Waals surface area contributed by atoms with Gasteiger partial charge in [0.15, 0.2) is 4.77 Å². The molecular formula is C21H23ClN4O2S. The van der Waals surface area contributed by atoms with Crippen LogP contribution in [0.2, 0.25) is 0 Å². The van der Waals surface area contributed by atoms with Crippen molar-refractivity contribution >= 4 is 36.4 Å². The molecule has 2 aromatic carbocycles. The smallest absolute Gasteiger partial charge is 0.307 e. The fourth-order valence-corrected chi connectivity index (χ4v) is 3.25. The Balaban J connectivity index is 0.00000300. The monoisotopic (exact) mass is 430 g/mol. The van der Waals surface area contributed by atoms with E-state index in [1.54, 1.807) is 0 Å². The Hall–Kier alpha value is -2.90. The van der Waals surface area contributed by atoms with Gasteiger partial charge in [0.25, 0.3) is 0 Å². The second-order valence-electron chi connectivity index (χ2n) is 6.44. The van der Waals surface area contributed by atoms with Gasteiger partial charge in [-0.2, -0.15) is 0 Å². The van der Waals surface area contributed by atoms with Crippen LogP contribution >= 0.6 is 24.6 Å². The van der Waals surface area contributed by atoms with Gasteiger partial charge in [0.1, 0.15) is 5.84 Å². The highest BCUT2D eigenvalue weighted by molar-refractivity contribution is 7.71. The molecule has 0 fully saturated rings. The number of hydrogen-bond acceptors (Lipinski definition) is 4. The van der Waals surface area contributed by atoms with Crippen molar-refractivity contribution in [3.63, 3.8) is 0 Å². The lowest BCUT2D eigenvalue weighted by Gasteiger charge is -2.06. The van der Waals surface area contributed by atoms with Crippen LogP contribution in [-0.2, 0) is 23.1 Å². The fourth-order valence-electron chi connectivity index (χ4n) is 3.00. The first kappa shape index (κ1) is 22.4. The molecule has 0 saturated carbocycles. The molecular weight excluding hydrogens is 408 g/mol. The summed E-state index contributed by atoms with van der Waals surface area (Å²) in [6, 6.07) is 15.8. The van der Waals surface area contributed by atoms with Gasteiger partial charge in [-0.15, -0.1) is 12.4 Å². The van der Waals surface area contributed by atoms with Crippen molar-refractivity contribution in [2.75, 3.05) is 7.11 Å². The normalized spacial score (nSPS) is 10.3. The molecule has 3 N–H and O–H groups in total. The van der Waals surface area contributed by atoms with Gasteiger partial charge in [-0.1, -0.05) is 48.5 Å². The zero-order valence-corrected chi connectivity index (χ0v) is 17.8. The van der Waals surface area contributed by atoms with Crippen LogP contribution in [0.4, 0.5) is 0 Å². The largest absolute Gasteiger partial charge is 0.469 e. The van der Waals surface area contributed by atoms with Crippen molar-refractivity contribution in [1.29, 1.82) is 5.41 Å². The van der Waals surface area contributed by atoms with E-state index in [2.05, 4.69) is 0 Å². The van der Waals surface area contributed by atoms with Crippen LogP contribution in [0.25, 0.3) is 22.4 Å². The predicted octanol–water partition coefficient (Wildman–Crippen LogP) is 4.16. The number of nitrogens with two attached hydrogens (primary N) is 1. The van der Waals surface area contributed by atoms with Gasteiger partial charge in [0, 0.05) is 25.4 Å². The minimum Gasteiger partial charge on any atom is -0.469 e. The number of benzene rings is 2. The third-order valence-electron chi connectivity index (χ3n) is 4.67. The lowest BCUT2D eigenvalue weighted by atomic mass is 10.0. The summed E-state index contributed by atoms with van der Waals surface area (Å²) in [7, 11) is 3.30. The van der Waals surface area contributed by atoms with Gasteiger partial charge in [-0.25, -0.2) is 0 Å². The Morgan fingerprint density at radius 1 is 1.07 bits per heavy atom. The number of aryl methyl sites for hydroxylation is 1. The molecule has 0 saturated heterocycles. The zero-order valence-electron chi connectivity index (χ0n) is 16.2. The minimum atomic E-state index is -0.257. The lowest BCUT2D eigenvalue weighted by molar-refractivity contribution is -0.140. The van der Waals surface area contributed by atoms with Crippen LogP contribution in [0.3, 0.4) is 0 Å². The standard InChI is InChI=1S/C21H22N4O2S.ClH/c1-24-18(13-25(21(24)28)12-11-19(26)27-2)16-7-3-14(4-8-16)15-5-9-17(10-6-15)20(22)23;/h3-10,13H,11-12H2,1-2H3,(H3,22,23);1H. The van der Waals surface area contributed by atoms with E-state index in [1.807, 2.05) is 70.9 Å². The average molecular weight is 431 g/mol. The first-order chi connectivity index (χ1) is 13.4. The number of rotatable bonds is 6. The molecule has 0 amide bonds. The van der Waals surface area contributed by atoms with Crippen LogP contribution < -0.4 is 5.73 Å². The number of nitrogens with one attached hydrogen (secondary N) is 1. The van der Waals surface area contributed by atoms with Crippen molar-refractivity contribution in [2.24, 2.45) is 12.8 Å². The molecule has 0 aliphatic rings. The molecule has 0 aliphatic heterocycles. The average Bonchev–Trinajstić information content (AvgIpc) is 3.00. The molecule has 3 aromatic rings. The summed E-state index contributed by atoms with van der Waals surface area (Å²) >= 11 is 5.48. The van der Waals surface area contributed by atoms with E-state index in [0.29, 0.717) is 16.9 Å². The van der Waals surface area contributed by atoms with Crippen molar-refractivity contribution < 1.29 is 9.53 Å². The highest BCUT2D eigenvalue weighted by atomic mass is 35.5. The molecule has 1 aromatic heterocycles.